The molecular weight excluding hydrogens is 360 g/mol. The summed E-state index contributed by atoms with van der Waals surface area (Å²) in [5.74, 6) is 0.535. The highest BCUT2D eigenvalue weighted by molar-refractivity contribution is 6.30. The molecule has 1 N–H and O–H groups in total. The summed E-state index contributed by atoms with van der Waals surface area (Å²) in [6.45, 7) is 1.39. The Hall–Kier alpha value is -2.92. The number of nitrogens with one attached hydrogen (secondary N) is 1. The zero-order chi connectivity index (χ0) is 18.6. The maximum absolute atomic E-state index is 12.7. The number of halogens is 1. The van der Waals surface area contributed by atoms with E-state index >= 15 is 0 Å². The first kappa shape index (κ1) is 17.5. The van der Waals surface area contributed by atoms with Crippen molar-refractivity contribution in [2.24, 2.45) is 0 Å². The van der Waals surface area contributed by atoms with Gasteiger partial charge in [0.1, 0.15) is 5.82 Å². The van der Waals surface area contributed by atoms with Crippen molar-refractivity contribution in [3.8, 4) is 0 Å². The molecule has 0 saturated carbocycles. The lowest BCUT2D eigenvalue weighted by Crippen LogP contribution is -2.29. The van der Waals surface area contributed by atoms with Crippen LogP contribution in [0.15, 0.2) is 60.7 Å². The third-order valence-electron chi connectivity index (χ3n) is 4.62. The lowest BCUT2D eigenvalue weighted by atomic mass is 10.1. The fraction of sp³-hybridized carbons (Fsp3) is 0.190. The molecule has 6 heteroatoms. The molecule has 27 heavy (non-hydrogen) atoms. The van der Waals surface area contributed by atoms with Crippen LogP contribution < -0.4 is 10.2 Å². The van der Waals surface area contributed by atoms with Gasteiger partial charge in [0.2, 0.25) is 0 Å². The van der Waals surface area contributed by atoms with Crippen LogP contribution >= 0.6 is 11.6 Å². The van der Waals surface area contributed by atoms with Crippen LogP contribution in [-0.4, -0.2) is 29.2 Å². The molecule has 1 amide bonds. The molecule has 4 rings (SSSR count). The molecule has 5 nitrogen and oxygen atoms in total. The molecule has 1 aliphatic heterocycles. The third kappa shape index (κ3) is 3.93. The largest absolute Gasteiger partial charge is 0.368 e. The topological polar surface area (TPSA) is 58.1 Å². The van der Waals surface area contributed by atoms with Crippen LogP contribution in [0.3, 0.4) is 0 Å². The standard InChI is InChI=1S/C21H19ClN4O/c22-17-6-3-4-15(14-17)10-12-23-20-9-8-18(24-25-20)21(27)26-13-11-16-5-1-2-7-19(16)26/h1-9,14H,10-13H2,(H,23,25). The van der Waals surface area contributed by atoms with Crippen molar-refractivity contribution in [3.05, 3.63) is 82.5 Å². The number of rotatable bonds is 5. The number of carbonyl (C=O) groups is 1. The minimum Gasteiger partial charge on any atom is -0.368 e. The summed E-state index contributed by atoms with van der Waals surface area (Å²) < 4.78 is 0. The second kappa shape index (κ2) is 7.76. The van der Waals surface area contributed by atoms with Gasteiger partial charge in [0.15, 0.2) is 5.69 Å². The molecule has 0 bridgehead atoms. The Morgan fingerprint density at radius 2 is 1.96 bits per heavy atom. The summed E-state index contributed by atoms with van der Waals surface area (Å²) in [5, 5.41) is 12.2. The predicted molar refractivity (Wildman–Crippen MR) is 108 cm³/mol. The van der Waals surface area contributed by atoms with E-state index in [0.717, 1.165) is 29.1 Å². The third-order valence-corrected chi connectivity index (χ3v) is 4.86. The van der Waals surface area contributed by atoms with E-state index in [2.05, 4.69) is 21.6 Å². The van der Waals surface area contributed by atoms with Gasteiger partial charge in [-0.1, -0.05) is 41.9 Å². The maximum Gasteiger partial charge on any atom is 0.278 e. The van der Waals surface area contributed by atoms with E-state index in [-0.39, 0.29) is 5.91 Å². The summed E-state index contributed by atoms with van der Waals surface area (Å²) in [4.78, 5) is 14.5. The molecule has 1 aromatic heterocycles. The van der Waals surface area contributed by atoms with Gasteiger partial charge in [0, 0.05) is 23.8 Å². The summed E-state index contributed by atoms with van der Waals surface area (Å²) in [6, 6.07) is 19.3. The van der Waals surface area contributed by atoms with Crippen LogP contribution in [0.2, 0.25) is 5.02 Å². The van der Waals surface area contributed by atoms with Gasteiger partial charge in [-0.3, -0.25) is 4.79 Å². The number of hydrogen-bond donors (Lipinski definition) is 1. The number of carbonyl (C=O) groups excluding carboxylic acids is 1. The number of hydrogen-bond acceptors (Lipinski definition) is 4. The number of nitrogens with zero attached hydrogens (tertiary/aromatic N) is 3. The quantitative estimate of drug-likeness (QED) is 0.729. The summed E-state index contributed by atoms with van der Waals surface area (Å²) >= 11 is 5.99. The van der Waals surface area contributed by atoms with Gasteiger partial charge in [-0.05, 0) is 54.3 Å². The predicted octanol–water partition coefficient (Wildman–Crippen LogP) is 3.99. The summed E-state index contributed by atoms with van der Waals surface area (Å²) in [6.07, 6.45) is 1.70. The smallest absolute Gasteiger partial charge is 0.278 e. The van der Waals surface area contributed by atoms with Crippen molar-refractivity contribution in [2.75, 3.05) is 23.3 Å². The number of fused-ring (bicyclic) bond motifs is 1. The number of benzene rings is 2. The van der Waals surface area contributed by atoms with Crippen LogP contribution in [-0.2, 0) is 12.8 Å². The Morgan fingerprint density at radius 1 is 1.07 bits per heavy atom. The molecule has 136 valence electrons. The second-order valence-corrected chi connectivity index (χ2v) is 6.88. The zero-order valence-corrected chi connectivity index (χ0v) is 15.5. The molecule has 3 aromatic rings. The fourth-order valence-electron chi connectivity index (χ4n) is 3.26. The van der Waals surface area contributed by atoms with Gasteiger partial charge in [0.05, 0.1) is 0 Å². The van der Waals surface area contributed by atoms with Gasteiger partial charge < -0.3 is 10.2 Å². The Kier molecular flexibility index (Phi) is 5.03. The van der Waals surface area contributed by atoms with Crippen molar-refractivity contribution in [1.29, 1.82) is 0 Å². The van der Waals surface area contributed by atoms with E-state index in [4.69, 9.17) is 11.6 Å². The highest BCUT2D eigenvalue weighted by Gasteiger charge is 2.26. The molecule has 0 radical (unpaired) electrons. The van der Waals surface area contributed by atoms with Gasteiger partial charge in [-0.2, -0.15) is 0 Å². The molecule has 2 heterocycles. The second-order valence-electron chi connectivity index (χ2n) is 6.45. The van der Waals surface area contributed by atoms with Crippen LogP contribution in [0.25, 0.3) is 0 Å². The van der Waals surface area contributed by atoms with Crippen molar-refractivity contribution < 1.29 is 4.79 Å². The average molecular weight is 379 g/mol. The van der Waals surface area contributed by atoms with Crippen molar-refractivity contribution in [3.63, 3.8) is 0 Å². The van der Waals surface area contributed by atoms with Gasteiger partial charge in [-0.25, -0.2) is 0 Å². The molecule has 0 atom stereocenters. The van der Waals surface area contributed by atoms with Crippen LogP contribution in [0.1, 0.15) is 21.6 Å². The van der Waals surface area contributed by atoms with E-state index in [1.165, 1.54) is 5.56 Å². The number of amides is 1. The minimum absolute atomic E-state index is 0.113. The molecule has 0 unspecified atom stereocenters. The zero-order valence-electron chi connectivity index (χ0n) is 14.7. The Morgan fingerprint density at radius 3 is 2.78 bits per heavy atom. The van der Waals surface area contributed by atoms with Crippen molar-refractivity contribution >= 4 is 29.0 Å². The van der Waals surface area contributed by atoms with Gasteiger partial charge >= 0.3 is 0 Å². The molecule has 0 spiro atoms. The molecular formula is C21H19ClN4O. The lowest BCUT2D eigenvalue weighted by molar-refractivity contribution is 0.0983. The minimum atomic E-state index is -0.113. The number of aromatic nitrogens is 2. The Bertz CT molecular complexity index is 958. The fourth-order valence-corrected chi connectivity index (χ4v) is 3.47. The monoisotopic (exact) mass is 378 g/mol. The van der Waals surface area contributed by atoms with Crippen LogP contribution in [0.5, 0.6) is 0 Å². The summed E-state index contributed by atoms with van der Waals surface area (Å²) in [5.41, 5.74) is 3.67. The normalized spacial score (nSPS) is 12.7. The lowest BCUT2D eigenvalue weighted by Gasteiger charge is -2.16. The number of para-hydroxylation sites is 1. The first-order valence-corrected chi connectivity index (χ1v) is 9.30. The first-order chi connectivity index (χ1) is 13.2. The van der Waals surface area contributed by atoms with Crippen molar-refractivity contribution in [2.45, 2.75) is 12.8 Å². The van der Waals surface area contributed by atoms with Crippen LogP contribution in [0, 0.1) is 0 Å². The first-order valence-electron chi connectivity index (χ1n) is 8.92. The highest BCUT2D eigenvalue weighted by atomic mass is 35.5. The summed E-state index contributed by atoms with van der Waals surface area (Å²) in [7, 11) is 0. The molecule has 2 aromatic carbocycles. The molecule has 1 aliphatic rings. The van der Waals surface area contributed by atoms with Crippen LogP contribution in [0.4, 0.5) is 11.5 Å². The molecule has 0 fully saturated rings. The van der Waals surface area contributed by atoms with Gasteiger partial charge in [-0.15, -0.1) is 10.2 Å². The average Bonchev–Trinajstić information content (AvgIpc) is 3.12. The van der Waals surface area contributed by atoms with Gasteiger partial charge in [0.25, 0.3) is 5.91 Å². The number of anilines is 2. The SMILES string of the molecule is O=C(c1ccc(NCCc2cccc(Cl)c2)nn1)N1CCc2ccccc21. The Labute approximate surface area is 163 Å². The van der Waals surface area contributed by atoms with E-state index in [1.807, 2.05) is 42.5 Å². The molecule has 0 aliphatic carbocycles. The molecule has 0 saturated heterocycles. The van der Waals surface area contributed by atoms with E-state index in [1.54, 1.807) is 17.0 Å². The highest BCUT2D eigenvalue weighted by Crippen LogP contribution is 2.28. The van der Waals surface area contributed by atoms with E-state index in [9.17, 15) is 4.79 Å². The Balaban J connectivity index is 1.37. The van der Waals surface area contributed by atoms with E-state index in [0.29, 0.717) is 24.6 Å². The van der Waals surface area contributed by atoms with E-state index < -0.39 is 0 Å². The maximum atomic E-state index is 12.7. The van der Waals surface area contributed by atoms with Crippen molar-refractivity contribution in [1.82, 2.24) is 10.2 Å².